The quantitative estimate of drug-likeness (QED) is 0.929. The molecule has 0 aliphatic carbocycles. The smallest absolute Gasteiger partial charge is 0.225 e. The van der Waals surface area contributed by atoms with E-state index in [1.165, 1.54) is 12.1 Å². The highest BCUT2D eigenvalue weighted by molar-refractivity contribution is 5.84. The molecule has 0 aromatic heterocycles. The number of hydrogen-bond donors (Lipinski definition) is 1. The molecule has 22 heavy (non-hydrogen) atoms. The Kier molecular flexibility index (Phi) is 5.16. The molecule has 0 saturated carbocycles. The van der Waals surface area contributed by atoms with Crippen molar-refractivity contribution in [3.63, 3.8) is 0 Å². The van der Waals surface area contributed by atoms with E-state index in [-0.39, 0.29) is 23.5 Å². The number of rotatable bonds is 4. The Hall–Kier alpha value is -1.91. The zero-order valence-electron chi connectivity index (χ0n) is 13.3. The van der Waals surface area contributed by atoms with Crippen molar-refractivity contribution in [3.8, 4) is 0 Å². The van der Waals surface area contributed by atoms with Crippen LogP contribution < -0.4 is 5.32 Å². The van der Waals surface area contributed by atoms with Crippen LogP contribution in [0.1, 0.15) is 38.3 Å². The van der Waals surface area contributed by atoms with Crippen molar-refractivity contribution in [1.29, 1.82) is 0 Å². The van der Waals surface area contributed by atoms with Gasteiger partial charge in [-0.3, -0.25) is 9.59 Å². The third-order valence-corrected chi connectivity index (χ3v) is 4.07. The van der Waals surface area contributed by atoms with Gasteiger partial charge in [0.05, 0.1) is 12.0 Å². The Labute approximate surface area is 130 Å². The van der Waals surface area contributed by atoms with Gasteiger partial charge in [-0.25, -0.2) is 4.39 Å². The lowest BCUT2D eigenvalue weighted by molar-refractivity contribution is -0.141. The lowest BCUT2D eigenvalue weighted by atomic mass is 9.84. The number of carbonyl (C=O) groups excluding carboxylic acids is 2. The first-order valence-corrected chi connectivity index (χ1v) is 7.69. The highest BCUT2D eigenvalue weighted by Gasteiger charge is 2.38. The van der Waals surface area contributed by atoms with Crippen LogP contribution in [0, 0.1) is 17.7 Å². The maximum Gasteiger partial charge on any atom is 0.225 e. The molecule has 1 saturated heterocycles. The molecule has 0 unspecified atom stereocenters. The fraction of sp³-hybridized carbons (Fsp3) is 0.529. The number of nitrogens with one attached hydrogen (secondary N) is 1. The molecule has 0 radical (unpaired) electrons. The van der Waals surface area contributed by atoms with Gasteiger partial charge in [0.15, 0.2) is 0 Å². The van der Waals surface area contributed by atoms with Crippen molar-refractivity contribution in [2.75, 3.05) is 13.6 Å². The van der Waals surface area contributed by atoms with Crippen LogP contribution in [0.4, 0.5) is 4.39 Å². The number of likely N-dealkylation sites (tertiary alicyclic amines) is 1. The second-order valence-electron chi connectivity index (χ2n) is 6.29. The van der Waals surface area contributed by atoms with Gasteiger partial charge in [0, 0.05) is 20.0 Å². The van der Waals surface area contributed by atoms with E-state index >= 15 is 0 Å². The van der Waals surface area contributed by atoms with E-state index in [0.29, 0.717) is 30.9 Å². The van der Waals surface area contributed by atoms with E-state index in [9.17, 15) is 14.0 Å². The highest BCUT2D eigenvalue weighted by Crippen LogP contribution is 2.36. The second kappa shape index (κ2) is 6.90. The Morgan fingerprint density at radius 3 is 2.82 bits per heavy atom. The SMILES string of the molecule is CC(C)CNC(=O)[C@H]1CCC(=O)N(C)[C@H]1c1cccc(F)c1. The fourth-order valence-electron chi connectivity index (χ4n) is 2.90. The van der Waals surface area contributed by atoms with Gasteiger partial charge in [-0.2, -0.15) is 0 Å². The van der Waals surface area contributed by atoms with Crippen molar-refractivity contribution in [2.45, 2.75) is 32.7 Å². The number of hydrogen-bond acceptors (Lipinski definition) is 2. The molecule has 2 atom stereocenters. The molecule has 1 aromatic carbocycles. The topological polar surface area (TPSA) is 49.4 Å². The molecule has 2 amide bonds. The van der Waals surface area contributed by atoms with E-state index in [2.05, 4.69) is 5.32 Å². The summed E-state index contributed by atoms with van der Waals surface area (Å²) >= 11 is 0. The van der Waals surface area contributed by atoms with Crippen LogP contribution in [0.3, 0.4) is 0 Å². The van der Waals surface area contributed by atoms with Crippen molar-refractivity contribution in [1.82, 2.24) is 10.2 Å². The van der Waals surface area contributed by atoms with Crippen LogP contribution in [0.2, 0.25) is 0 Å². The van der Waals surface area contributed by atoms with Crippen molar-refractivity contribution in [3.05, 3.63) is 35.6 Å². The second-order valence-corrected chi connectivity index (χ2v) is 6.29. The van der Waals surface area contributed by atoms with E-state index in [0.717, 1.165) is 0 Å². The summed E-state index contributed by atoms with van der Waals surface area (Å²) in [6, 6.07) is 5.74. The summed E-state index contributed by atoms with van der Waals surface area (Å²) in [5.74, 6) is -0.419. The molecule has 4 nitrogen and oxygen atoms in total. The Morgan fingerprint density at radius 2 is 2.18 bits per heavy atom. The summed E-state index contributed by atoms with van der Waals surface area (Å²) in [6.45, 7) is 4.66. The van der Waals surface area contributed by atoms with Gasteiger partial charge < -0.3 is 10.2 Å². The molecular formula is C17H23FN2O2. The monoisotopic (exact) mass is 306 g/mol. The summed E-state index contributed by atoms with van der Waals surface area (Å²) in [6.07, 6.45) is 0.844. The molecule has 5 heteroatoms. The zero-order chi connectivity index (χ0) is 16.3. The number of benzene rings is 1. The molecule has 0 bridgehead atoms. The molecule has 1 fully saturated rings. The Morgan fingerprint density at radius 1 is 1.45 bits per heavy atom. The summed E-state index contributed by atoms with van der Waals surface area (Å²) in [5.41, 5.74) is 0.667. The van der Waals surface area contributed by atoms with Crippen LogP contribution in [-0.4, -0.2) is 30.3 Å². The summed E-state index contributed by atoms with van der Waals surface area (Å²) in [4.78, 5) is 26.0. The minimum Gasteiger partial charge on any atom is -0.356 e. The van der Waals surface area contributed by atoms with Gasteiger partial charge in [-0.15, -0.1) is 0 Å². The number of piperidine rings is 1. The van der Waals surface area contributed by atoms with Gasteiger partial charge in [-0.05, 0) is 30.0 Å². The third-order valence-electron chi connectivity index (χ3n) is 4.07. The minimum atomic E-state index is -0.413. The molecule has 1 aliphatic heterocycles. The maximum absolute atomic E-state index is 13.5. The largest absolute Gasteiger partial charge is 0.356 e. The Bertz CT molecular complexity index is 559. The molecule has 1 N–H and O–H groups in total. The van der Waals surface area contributed by atoms with Gasteiger partial charge in [-0.1, -0.05) is 26.0 Å². The maximum atomic E-state index is 13.5. The molecular weight excluding hydrogens is 283 g/mol. The van der Waals surface area contributed by atoms with Gasteiger partial charge >= 0.3 is 0 Å². The molecule has 120 valence electrons. The highest BCUT2D eigenvalue weighted by atomic mass is 19.1. The first-order chi connectivity index (χ1) is 10.4. The van der Waals surface area contributed by atoms with Crippen molar-refractivity contribution in [2.24, 2.45) is 11.8 Å². The molecule has 0 spiro atoms. The number of carbonyl (C=O) groups is 2. The summed E-state index contributed by atoms with van der Waals surface area (Å²) in [7, 11) is 1.68. The molecule has 1 heterocycles. The lowest BCUT2D eigenvalue weighted by Crippen LogP contribution is -2.46. The van der Waals surface area contributed by atoms with Crippen LogP contribution in [0.15, 0.2) is 24.3 Å². The molecule has 2 rings (SSSR count). The number of nitrogens with zero attached hydrogens (tertiary/aromatic N) is 1. The summed E-state index contributed by atoms with van der Waals surface area (Å²) < 4.78 is 13.5. The van der Waals surface area contributed by atoms with E-state index < -0.39 is 6.04 Å². The van der Waals surface area contributed by atoms with Crippen LogP contribution in [0.25, 0.3) is 0 Å². The van der Waals surface area contributed by atoms with Gasteiger partial charge in [0.2, 0.25) is 11.8 Å². The molecule has 1 aromatic rings. The first kappa shape index (κ1) is 16.5. The van der Waals surface area contributed by atoms with Crippen LogP contribution in [0.5, 0.6) is 0 Å². The van der Waals surface area contributed by atoms with Crippen molar-refractivity contribution >= 4 is 11.8 Å². The Balaban J connectivity index is 2.26. The standard InChI is InChI=1S/C17H23FN2O2/c1-11(2)10-19-17(22)14-7-8-15(21)20(3)16(14)12-5-4-6-13(18)9-12/h4-6,9,11,14,16H,7-8,10H2,1-3H3,(H,19,22)/t14-,16-/m0/s1. The number of amides is 2. The predicted molar refractivity (Wildman–Crippen MR) is 82.5 cm³/mol. The average Bonchev–Trinajstić information content (AvgIpc) is 2.47. The van der Waals surface area contributed by atoms with Gasteiger partial charge in [0.25, 0.3) is 0 Å². The van der Waals surface area contributed by atoms with Crippen LogP contribution >= 0.6 is 0 Å². The average molecular weight is 306 g/mol. The zero-order valence-corrected chi connectivity index (χ0v) is 13.3. The predicted octanol–water partition coefficient (Wildman–Crippen LogP) is 2.51. The minimum absolute atomic E-state index is 0.0119. The van der Waals surface area contributed by atoms with Gasteiger partial charge in [0.1, 0.15) is 5.82 Å². The first-order valence-electron chi connectivity index (χ1n) is 7.69. The fourth-order valence-corrected chi connectivity index (χ4v) is 2.90. The summed E-state index contributed by atoms with van der Waals surface area (Å²) in [5, 5.41) is 2.93. The van der Waals surface area contributed by atoms with E-state index in [1.54, 1.807) is 24.1 Å². The van der Waals surface area contributed by atoms with E-state index in [4.69, 9.17) is 0 Å². The number of halogens is 1. The van der Waals surface area contributed by atoms with Crippen molar-refractivity contribution < 1.29 is 14.0 Å². The molecule has 1 aliphatic rings. The normalized spacial score (nSPS) is 22.0. The lowest BCUT2D eigenvalue weighted by Gasteiger charge is -2.38. The van der Waals surface area contributed by atoms with E-state index in [1.807, 2.05) is 13.8 Å². The van der Waals surface area contributed by atoms with Crippen LogP contribution in [-0.2, 0) is 9.59 Å². The third kappa shape index (κ3) is 3.64.